The van der Waals surface area contributed by atoms with Crippen molar-refractivity contribution in [2.75, 3.05) is 19.5 Å². The third-order valence-corrected chi connectivity index (χ3v) is 5.51. The van der Waals surface area contributed by atoms with E-state index in [9.17, 15) is 13.6 Å². The van der Waals surface area contributed by atoms with Gasteiger partial charge in [-0.15, -0.1) is 10.2 Å². The zero-order valence-corrected chi connectivity index (χ0v) is 18.4. The lowest BCUT2D eigenvalue weighted by Crippen LogP contribution is -2.14. The highest BCUT2D eigenvalue weighted by Crippen LogP contribution is 2.27. The third-order valence-electron chi connectivity index (χ3n) is 4.69. The largest absolute Gasteiger partial charge is 0.435 e. The van der Waals surface area contributed by atoms with Crippen LogP contribution < -0.4 is 4.74 Å². The monoisotopic (exact) mass is 451 g/mol. The number of nitrogens with zero attached hydrogens (tertiary/aromatic N) is 3. The number of ketones is 1. The summed E-state index contributed by atoms with van der Waals surface area (Å²) in [5, 5.41) is 8.15. The number of hydrogen-bond donors (Lipinski definition) is 0. The van der Waals surface area contributed by atoms with Gasteiger partial charge in [0.2, 0.25) is 5.89 Å². The summed E-state index contributed by atoms with van der Waals surface area (Å²) >= 11 is 1.15. The van der Waals surface area contributed by atoms with Crippen LogP contribution in [0.3, 0.4) is 0 Å². The summed E-state index contributed by atoms with van der Waals surface area (Å²) in [4.78, 5) is 12.8. The number of carbonyl (C=O) groups excluding carboxylic acids is 1. The van der Waals surface area contributed by atoms with E-state index in [1.165, 1.54) is 12.1 Å². The number of halogens is 2. The second-order valence-electron chi connectivity index (χ2n) is 6.95. The number of rotatable bonds is 10. The quantitative estimate of drug-likeness (QED) is 0.319. The predicted molar refractivity (Wildman–Crippen MR) is 112 cm³/mol. The van der Waals surface area contributed by atoms with E-state index < -0.39 is 6.61 Å². The van der Waals surface area contributed by atoms with Gasteiger partial charge in [-0.3, -0.25) is 4.79 Å². The van der Waals surface area contributed by atoms with Gasteiger partial charge >= 0.3 is 6.61 Å². The van der Waals surface area contributed by atoms with E-state index in [1.807, 2.05) is 26.8 Å². The number of thioether (sulfide) groups is 1. The van der Waals surface area contributed by atoms with Crippen LogP contribution in [0.2, 0.25) is 0 Å². The minimum atomic E-state index is -2.89. The van der Waals surface area contributed by atoms with Crippen LogP contribution in [-0.2, 0) is 4.74 Å². The maximum atomic E-state index is 12.8. The summed E-state index contributed by atoms with van der Waals surface area (Å²) in [5.74, 6) is 0.370. The van der Waals surface area contributed by atoms with E-state index in [-0.39, 0.29) is 34.4 Å². The Balaban J connectivity index is 1.64. The second kappa shape index (κ2) is 10.1. The highest BCUT2D eigenvalue weighted by Gasteiger charge is 2.20. The molecule has 166 valence electrons. The summed E-state index contributed by atoms with van der Waals surface area (Å²) in [6.07, 6.45) is 0. The molecule has 0 saturated heterocycles. The Hall–Kier alpha value is -2.72. The molecule has 3 rings (SSSR count). The van der Waals surface area contributed by atoms with E-state index in [1.54, 1.807) is 19.2 Å². The normalized spacial score (nSPS) is 12.4. The Morgan fingerprint density at radius 2 is 1.94 bits per heavy atom. The van der Waals surface area contributed by atoms with Gasteiger partial charge in [-0.25, -0.2) is 0 Å². The smallest absolute Gasteiger partial charge is 0.387 e. The molecule has 2 heterocycles. The van der Waals surface area contributed by atoms with Crippen LogP contribution in [0.5, 0.6) is 5.75 Å². The minimum Gasteiger partial charge on any atom is -0.435 e. The molecule has 7 nitrogen and oxygen atoms in total. The number of hydrogen-bond acceptors (Lipinski definition) is 7. The predicted octanol–water partition coefficient (Wildman–Crippen LogP) is 4.94. The fraction of sp³-hybridized carbons (Fsp3) is 0.381. The molecular formula is C21H23F2N3O4S. The SMILES string of the molecule is COCC(C)n1c(C)cc(C(=O)CSc2nnc(-c3ccc(OC(F)F)cc3)o2)c1C. The number of benzene rings is 1. The number of aryl methyl sites for hydroxylation is 1. The fourth-order valence-corrected chi connectivity index (χ4v) is 4.07. The minimum absolute atomic E-state index is 0.0379. The maximum Gasteiger partial charge on any atom is 0.387 e. The lowest BCUT2D eigenvalue weighted by atomic mass is 10.2. The molecule has 0 fully saturated rings. The highest BCUT2D eigenvalue weighted by molar-refractivity contribution is 7.99. The topological polar surface area (TPSA) is 79.4 Å². The number of methoxy groups -OCH3 is 1. The van der Waals surface area contributed by atoms with Gasteiger partial charge in [0.05, 0.1) is 18.4 Å². The zero-order chi connectivity index (χ0) is 22.5. The molecule has 31 heavy (non-hydrogen) atoms. The summed E-state index contributed by atoms with van der Waals surface area (Å²) in [5.41, 5.74) is 3.10. The molecule has 1 atom stereocenters. The van der Waals surface area contributed by atoms with Crippen LogP contribution in [0.25, 0.3) is 11.5 Å². The fourth-order valence-electron chi connectivity index (χ4n) is 3.42. The second-order valence-corrected chi connectivity index (χ2v) is 7.87. The van der Waals surface area contributed by atoms with Crippen LogP contribution in [0.4, 0.5) is 8.78 Å². The van der Waals surface area contributed by atoms with Crippen molar-refractivity contribution in [3.05, 3.63) is 47.3 Å². The van der Waals surface area contributed by atoms with E-state index in [2.05, 4.69) is 19.5 Å². The number of ether oxygens (including phenoxy) is 2. The van der Waals surface area contributed by atoms with Crippen LogP contribution in [-0.4, -0.2) is 46.6 Å². The van der Waals surface area contributed by atoms with Gasteiger partial charge in [0, 0.05) is 29.6 Å². The molecule has 0 amide bonds. The van der Waals surface area contributed by atoms with E-state index in [0.29, 0.717) is 17.7 Å². The first kappa shape index (κ1) is 23.0. The molecule has 3 aromatic rings. The van der Waals surface area contributed by atoms with Crippen molar-refractivity contribution in [1.29, 1.82) is 0 Å². The standard InChI is InChI=1S/C21H23F2N3O4S/c1-12-9-17(14(3)26(12)13(2)10-28-4)18(27)11-31-21-25-24-19(30-21)15-5-7-16(8-6-15)29-20(22)23/h5-9,13,20H,10-11H2,1-4H3. The lowest BCUT2D eigenvalue weighted by molar-refractivity contribution is -0.0498. The molecule has 2 aromatic heterocycles. The van der Waals surface area contributed by atoms with Crippen molar-refractivity contribution < 1.29 is 27.5 Å². The Kier molecular flexibility index (Phi) is 7.45. The Bertz CT molecular complexity index is 1030. The lowest BCUT2D eigenvalue weighted by Gasteiger charge is -2.17. The molecule has 0 N–H and O–H groups in total. The van der Waals surface area contributed by atoms with Crippen molar-refractivity contribution in [2.24, 2.45) is 0 Å². The zero-order valence-electron chi connectivity index (χ0n) is 17.6. The molecule has 0 aliphatic heterocycles. The molecule has 1 aromatic carbocycles. The van der Waals surface area contributed by atoms with Crippen LogP contribution in [0.15, 0.2) is 40.0 Å². The van der Waals surface area contributed by atoms with Crippen molar-refractivity contribution >= 4 is 17.5 Å². The Morgan fingerprint density at radius 1 is 1.23 bits per heavy atom. The molecule has 0 radical (unpaired) electrons. The molecular weight excluding hydrogens is 428 g/mol. The molecule has 1 unspecified atom stereocenters. The van der Waals surface area contributed by atoms with Crippen LogP contribution >= 0.6 is 11.8 Å². The van der Waals surface area contributed by atoms with Crippen molar-refractivity contribution in [2.45, 2.75) is 38.6 Å². The highest BCUT2D eigenvalue weighted by atomic mass is 32.2. The summed E-state index contributed by atoms with van der Waals surface area (Å²) in [6, 6.07) is 7.87. The summed E-state index contributed by atoms with van der Waals surface area (Å²) < 4.78 is 41.7. The van der Waals surface area contributed by atoms with Crippen LogP contribution in [0.1, 0.15) is 34.7 Å². The van der Waals surface area contributed by atoms with Gasteiger partial charge in [0.15, 0.2) is 5.78 Å². The number of aromatic nitrogens is 3. The molecule has 0 aliphatic carbocycles. The first-order valence-electron chi connectivity index (χ1n) is 9.52. The summed E-state index contributed by atoms with van der Waals surface area (Å²) in [6.45, 7) is 3.59. The van der Waals surface area contributed by atoms with Gasteiger partial charge in [0.1, 0.15) is 5.75 Å². The average Bonchev–Trinajstić information content (AvgIpc) is 3.31. The van der Waals surface area contributed by atoms with E-state index in [4.69, 9.17) is 9.15 Å². The molecule has 0 saturated carbocycles. The van der Waals surface area contributed by atoms with Gasteiger partial charge in [-0.1, -0.05) is 11.8 Å². The summed E-state index contributed by atoms with van der Waals surface area (Å²) in [7, 11) is 1.65. The molecule has 0 aliphatic rings. The maximum absolute atomic E-state index is 12.8. The number of carbonyl (C=O) groups is 1. The molecule has 0 spiro atoms. The first-order valence-corrected chi connectivity index (χ1v) is 10.5. The Labute approximate surface area is 182 Å². The van der Waals surface area contributed by atoms with Crippen molar-refractivity contribution in [3.8, 4) is 17.2 Å². The molecule has 0 bridgehead atoms. The Morgan fingerprint density at radius 3 is 2.58 bits per heavy atom. The third kappa shape index (κ3) is 5.50. The first-order chi connectivity index (χ1) is 14.8. The number of alkyl halides is 2. The van der Waals surface area contributed by atoms with Gasteiger partial charge in [0.25, 0.3) is 5.22 Å². The number of Topliss-reactive ketones (excluding diaryl/α,β-unsaturated/α-hetero) is 1. The van der Waals surface area contributed by atoms with Gasteiger partial charge < -0.3 is 18.5 Å². The van der Waals surface area contributed by atoms with Gasteiger partial charge in [-0.2, -0.15) is 8.78 Å². The van der Waals surface area contributed by atoms with E-state index >= 15 is 0 Å². The van der Waals surface area contributed by atoms with Crippen molar-refractivity contribution in [1.82, 2.24) is 14.8 Å². The van der Waals surface area contributed by atoms with Crippen LogP contribution in [0, 0.1) is 13.8 Å². The van der Waals surface area contributed by atoms with Crippen molar-refractivity contribution in [3.63, 3.8) is 0 Å². The average molecular weight is 451 g/mol. The van der Waals surface area contributed by atoms with Gasteiger partial charge in [-0.05, 0) is 51.1 Å². The van der Waals surface area contributed by atoms with E-state index in [0.717, 1.165) is 23.1 Å². The molecule has 10 heteroatoms.